The lowest BCUT2D eigenvalue weighted by atomic mass is 9.85. The van der Waals surface area contributed by atoms with E-state index in [1.165, 1.54) is 24.0 Å². The molecule has 2 atom stereocenters. The van der Waals surface area contributed by atoms with E-state index in [1.54, 1.807) is 6.07 Å². The summed E-state index contributed by atoms with van der Waals surface area (Å²) in [6.45, 7) is 0.939. The van der Waals surface area contributed by atoms with Gasteiger partial charge in [-0.1, -0.05) is 12.1 Å². The van der Waals surface area contributed by atoms with Gasteiger partial charge in [-0.15, -0.1) is 0 Å². The van der Waals surface area contributed by atoms with Crippen molar-refractivity contribution < 1.29 is 4.39 Å². The molecule has 1 aliphatic rings. The highest BCUT2D eigenvalue weighted by atomic mass is 32.2. The molecular weight excluding hydrogens is 221 g/mol. The molecule has 2 rings (SSSR count). The van der Waals surface area contributed by atoms with Gasteiger partial charge in [-0.3, -0.25) is 0 Å². The van der Waals surface area contributed by atoms with Crippen LogP contribution >= 0.6 is 11.8 Å². The summed E-state index contributed by atoms with van der Waals surface area (Å²) in [6, 6.07) is 7.07. The van der Waals surface area contributed by atoms with Crippen molar-refractivity contribution in [1.29, 1.82) is 0 Å². The van der Waals surface area contributed by atoms with Crippen molar-refractivity contribution in [2.45, 2.75) is 12.3 Å². The van der Waals surface area contributed by atoms with Crippen LogP contribution in [0.3, 0.4) is 0 Å². The van der Waals surface area contributed by atoms with Crippen molar-refractivity contribution in [1.82, 2.24) is 5.32 Å². The maximum absolute atomic E-state index is 13.2. The first-order valence-corrected chi connectivity index (χ1v) is 6.94. The van der Waals surface area contributed by atoms with Crippen LogP contribution in [0.15, 0.2) is 24.3 Å². The maximum atomic E-state index is 13.2. The fourth-order valence-electron chi connectivity index (χ4n) is 2.38. The predicted molar refractivity (Wildman–Crippen MR) is 68.5 cm³/mol. The second-order valence-corrected chi connectivity index (χ2v) is 5.49. The zero-order valence-electron chi connectivity index (χ0n) is 9.58. The van der Waals surface area contributed by atoms with Crippen LogP contribution in [-0.2, 0) is 0 Å². The Morgan fingerprint density at radius 3 is 3.06 bits per heavy atom. The van der Waals surface area contributed by atoms with Crippen LogP contribution < -0.4 is 5.32 Å². The molecule has 0 aliphatic carbocycles. The minimum atomic E-state index is -0.121. The molecule has 88 valence electrons. The van der Waals surface area contributed by atoms with Crippen LogP contribution in [0.5, 0.6) is 0 Å². The van der Waals surface area contributed by atoms with Gasteiger partial charge in [-0.25, -0.2) is 4.39 Å². The molecule has 0 radical (unpaired) electrons. The van der Waals surface area contributed by atoms with Crippen molar-refractivity contribution in [3.63, 3.8) is 0 Å². The molecule has 1 fully saturated rings. The van der Waals surface area contributed by atoms with Gasteiger partial charge in [-0.2, -0.15) is 11.8 Å². The number of halogens is 1. The summed E-state index contributed by atoms with van der Waals surface area (Å²) < 4.78 is 13.2. The Hall–Kier alpha value is -0.540. The van der Waals surface area contributed by atoms with E-state index >= 15 is 0 Å². The lowest BCUT2D eigenvalue weighted by Crippen LogP contribution is -2.24. The van der Waals surface area contributed by atoms with Gasteiger partial charge in [0.15, 0.2) is 0 Å². The van der Waals surface area contributed by atoms with E-state index in [1.807, 2.05) is 30.9 Å². The van der Waals surface area contributed by atoms with Crippen molar-refractivity contribution in [3.05, 3.63) is 35.6 Å². The number of benzene rings is 1. The SMILES string of the molecule is CNCC(c1cccc(F)c1)C1CCSC1. The number of rotatable bonds is 4. The number of nitrogens with one attached hydrogen (secondary N) is 1. The smallest absolute Gasteiger partial charge is 0.123 e. The zero-order valence-corrected chi connectivity index (χ0v) is 10.4. The van der Waals surface area contributed by atoms with Crippen molar-refractivity contribution in [2.75, 3.05) is 25.1 Å². The maximum Gasteiger partial charge on any atom is 0.123 e. The van der Waals surface area contributed by atoms with Crippen LogP contribution in [0, 0.1) is 11.7 Å². The van der Waals surface area contributed by atoms with E-state index in [0.29, 0.717) is 11.8 Å². The van der Waals surface area contributed by atoms with Crippen molar-refractivity contribution in [2.24, 2.45) is 5.92 Å². The second-order valence-electron chi connectivity index (χ2n) is 4.34. The number of hydrogen-bond acceptors (Lipinski definition) is 2. The Morgan fingerprint density at radius 2 is 2.44 bits per heavy atom. The average Bonchev–Trinajstić information content (AvgIpc) is 2.79. The van der Waals surface area contributed by atoms with Gasteiger partial charge in [0.05, 0.1) is 0 Å². The van der Waals surface area contributed by atoms with E-state index in [4.69, 9.17) is 0 Å². The van der Waals surface area contributed by atoms with Gasteiger partial charge < -0.3 is 5.32 Å². The molecule has 2 unspecified atom stereocenters. The molecule has 1 aromatic carbocycles. The molecule has 1 saturated heterocycles. The second kappa shape index (κ2) is 5.69. The molecule has 0 aromatic heterocycles. The predicted octanol–water partition coefficient (Wildman–Crippen LogP) is 2.88. The Bertz CT molecular complexity index is 336. The Kier molecular flexibility index (Phi) is 4.24. The van der Waals surface area contributed by atoms with Gasteiger partial charge in [0, 0.05) is 12.5 Å². The fraction of sp³-hybridized carbons (Fsp3) is 0.538. The van der Waals surface area contributed by atoms with Crippen LogP contribution in [-0.4, -0.2) is 25.1 Å². The largest absolute Gasteiger partial charge is 0.319 e. The summed E-state index contributed by atoms with van der Waals surface area (Å²) in [5.41, 5.74) is 1.14. The lowest BCUT2D eigenvalue weighted by molar-refractivity contribution is 0.451. The summed E-state index contributed by atoms with van der Waals surface area (Å²) >= 11 is 2.01. The monoisotopic (exact) mass is 239 g/mol. The molecule has 1 nitrogen and oxygen atoms in total. The Morgan fingerprint density at radius 1 is 1.56 bits per heavy atom. The van der Waals surface area contributed by atoms with E-state index < -0.39 is 0 Å². The topological polar surface area (TPSA) is 12.0 Å². The molecule has 1 aromatic rings. The summed E-state index contributed by atoms with van der Waals surface area (Å²) in [7, 11) is 1.97. The number of hydrogen-bond donors (Lipinski definition) is 1. The van der Waals surface area contributed by atoms with Gasteiger partial charge in [0.25, 0.3) is 0 Å². The molecular formula is C13H18FNS. The van der Waals surface area contributed by atoms with Gasteiger partial charge in [-0.05, 0) is 48.6 Å². The Balaban J connectivity index is 2.17. The first-order chi connectivity index (χ1) is 7.81. The molecule has 1 aliphatic heterocycles. The third kappa shape index (κ3) is 2.77. The van der Waals surface area contributed by atoms with E-state index in [9.17, 15) is 4.39 Å². The third-order valence-corrected chi connectivity index (χ3v) is 4.42. The molecule has 16 heavy (non-hydrogen) atoms. The van der Waals surface area contributed by atoms with Crippen LogP contribution in [0.25, 0.3) is 0 Å². The first-order valence-electron chi connectivity index (χ1n) is 5.79. The fourth-order valence-corrected chi connectivity index (χ4v) is 3.72. The van der Waals surface area contributed by atoms with Crippen LogP contribution in [0.4, 0.5) is 4.39 Å². The third-order valence-electron chi connectivity index (χ3n) is 3.23. The quantitative estimate of drug-likeness (QED) is 0.867. The van der Waals surface area contributed by atoms with E-state index in [0.717, 1.165) is 12.1 Å². The zero-order chi connectivity index (χ0) is 11.4. The van der Waals surface area contributed by atoms with Gasteiger partial charge in [0.2, 0.25) is 0 Å². The highest BCUT2D eigenvalue weighted by Crippen LogP contribution is 2.35. The summed E-state index contributed by atoms with van der Waals surface area (Å²) in [6.07, 6.45) is 1.26. The van der Waals surface area contributed by atoms with E-state index in [2.05, 4.69) is 5.32 Å². The summed E-state index contributed by atoms with van der Waals surface area (Å²) in [5.74, 6) is 3.49. The first kappa shape index (κ1) is 11.9. The minimum absolute atomic E-state index is 0.121. The minimum Gasteiger partial charge on any atom is -0.319 e. The summed E-state index contributed by atoms with van der Waals surface area (Å²) in [5, 5.41) is 3.23. The molecule has 0 amide bonds. The molecule has 1 heterocycles. The van der Waals surface area contributed by atoms with E-state index in [-0.39, 0.29) is 5.82 Å². The Labute approximate surface area is 101 Å². The number of likely N-dealkylation sites (N-methyl/N-ethyl adjacent to an activating group) is 1. The van der Waals surface area contributed by atoms with Crippen molar-refractivity contribution in [3.8, 4) is 0 Å². The standard InChI is InChI=1S/C13H18FNS/c1-15-8-13(11-5-6-16-9-11)10-3-2-4-12(14)7-10/h2-4,7,11,13,15H,5-6,8-9H2,1H3. The molecule has 1 N–H and O–H groups in total. The van der Waals surface area contributed by atoms with Crippen LogP contribution in [0.2, 0.25) is 0 Å². The highest BCUT2D eigenvalue weighted by molar-refractivity contribution is 7.99. The molecule has 0 saturated carbocycles. The normalized spacial score (nSPS) is 22.2. The highest BCUT2D eigenvalue weighted by Gasteiger charge is 2.26. The molecule has 0 bridgehead atoms. The molecule has 0 spiro atoms. The average molecular weight is 239 g/mol. The van der Waals surface area contributed by atoms with Crippen LogP contribution in [0.1, 0.15) is 17.9 Å². The van der Waals surface area contributed by atoms with Crippen molar-refractivity contribution >= 4 is 11.8 Å². The van der Waals surface area contributed by atoms with Gasteiger partial charge >= 0.3 is 0 Å². The summed E-state index contributed by atoms with van der Waals surface area (Å²) in [4.78, 5) is 0. The number of thioether (sulfide) groups is 1. The van der Waals surface area contributed by atoms with Gasteiger partial charge in [0.1, 0.15) is 5.82 Å². The lowest BCUT2D eigenvalue weighted by Gasteiger charge is -2.23. The molecule has 3 heteroatoms.